The number of anilines is 1. The first-order valence-electron chi connectivity index (χ1n) is 11.2. The van der Waals surface area contributed by atoms with Crippen LogP contribution < -0.4 is 5.32 Å². The predicted octanol–water partition coefficient (Wildman–Crippen LogP) is 3.16. The van der Waals surface area contributed by atoms with Gasteiger partial charge >= 0.3 is 5.97 Å². The van der Waals surface area contributed by atoms with Crippen LogP contribution in [-0.2, 0) is 28.4 Å². The Kier molecular flexibility index (Phi) is 17.8. The average Bonchev–Trinajstić information content (AvgIpc) is 2.79. The van der Waals surface area contributed by atoms with Gasteiger partial charge in [0, 0.05) is 18.8 Å². The van der Waals surface area contributed by atoms with E-state index in [0.717, 1.165) is 25.1 Å². The van der Waals surface area contributed by atoms with Crippen LogP contribution in [0, 0.1) is 0 Å². The smallest absolute Gasteiger partial charge is 0.338 e. The fourth-order valence-electron chi connectivity index (χ4n) is 2.43. The van der Waals surface area contributed by atoms with Crippen molar-refractivity contribution in [3.05, 3.63) is 29.8 Å². The summed E-state index contributed by atoms with van der Waals surface area (Å²) in [5, 5.41) is 3.31. The summed E-state index contributed by atoms with van der Waals surface area (Å²) >= 11 is 0. The maximum atomic E-state index is 12.0. The Morgan fingerprint density at radius 3 is 1.68 bits per heavy atom. The summed E-state index contributed by atoms with van der Waals surface area (Å²) in [6, 6.07) is 7.31. The van der Waals surface area contributed by atoms with Gasteiger partial charge in [0.1, 0.15) is 6.61 Å². The number of carbonyl (C=O) groups excluding carboxylic acids is 1. The van der Waals surface area contributed by atoms with Crippen LogP contribution in [0.4, 0.5) is 5.69 Å². The number of benzene rings is 1. The molecule has 0 aliphatic carbocycles. The lowest BCUT2D eigenvalue weighted by molar-refractivity contribution is -0.0146. The highest BCUT2D eigenvalue weighted by molar-refractivity contribution is 5.89. The molecule has 8 heteroatoms. The van der Waals surface area contributed by atoms with E-state index in [9.17, 15) is 4.79 Å². The molecule has 1 aromatic rings. The van der Waals surface area contributed by atoms with Gasteiger partial charge in [0.2, 0.25) is 0 Å². The second-order valence-electron chi connectivity index (χ2n) is 6.64. The molecule has 0 atom stereocenters. The molecule has 0 aliphatic rings. The molecule has 0 saturated carbocycles. The number of hydrogen-bond acceptors (Lipinski definition) is 8. The molecule has 8 nitrogen and oxygen atoms in total. The third kappa shape index (κ3) is 15.7. The van der Waals surface area contributed by atoms with Crippen molar-refractivity contribution in [3.8, 4) is 0 Å². The Balaban J connectivity index is 1.89. The third-order valence-electron chi connectivity index (χ3n) is 4.13. The maximum Gasteiger partial charge on any atom is 0.338 e. The van der Waals surface area contributed by atoms with Crippen LogP contribution in [0.25, 0.3) is 0 Å². The van der Waals surface area contributed by atoms with Crippen molar-refractivity contribution >= 4 is 11.7 Å². The average molecular weight is 442 g/mol. The predicted molar refractivity (Wildman–Crippen MR) is 120 cm³/mol. The molecule has 0 aromatic heterocycles. The van der Waals surface area contributed by atoms with Crippen molar-refractivity contribution in [1.29, 1.82) is 0 Å². The molecule has 0 fully saturated rings. The first-order valence-corrected chi connectivity index (χ1v) is 11.2. The van der Waals surface area contributed by atoms with Gasteiger partial charge in [0.15, 0.2) is 0 Å². The van der Waals surface area contributed by atoms with Gasteiger partial charge in [0.05, 0.1) is 65.0 Å². The third-order valence-corrected chi connectivity index (χ3v) is 4.13. The SMILES string of the molecule is CCCCNc1ccc(C(=O)OCCOCCOCCOCCOCCOCC)cc1. The number of ether oxygens (including phenoxy) is 6. The summed E-state index contributed by atoms with van der Waals surface area (Å²) in [6.07, 6.45) is 2.26. The fourth-order valence-corrected chi connectivity index (χ4v) is 2.43. The zero-order chi connectivity index (χ0) is 22.4. The minimum absolute atomic E-state index is 0.210. The maximum absolute atomic E-state index is 12.0. The molecule has 0 aliphatic heterocycles. The molecule has 0 spiro atoms. The van der Waals surface area contributed by atoms with E-state index in [4.69, 9.17) is 28.4 Å². The van der Waals surface area contributed by atoms with E-state index >= 15 is 0 Å². The molecule has 0 saturated heterocycles. The lowest BCUT2D eigenvalue weighted by atomic mass is 10.2. The standard InChI is InChI=1S/C23H39NO7/c1-3-5-10-24-22-8-6-21(7-9-22)23(25)31-20-19-30-18-17-29-16-15-28-14-13-27-12-11-26-4-2/h6-9,24H,3-5,10-20H2,1-2H3. The molecule has 1 N–H and O–H groups in total. The number of esters is 1. The van der Waals surface area contributed by atoms with Crippen molar-refractivity contribution in [2.75, 3.05) is 84.5 Å². The van der Waals surface area contributed by atoms with Gasteiger partial charge in [-0.15, -0.1) is 0 Å². The molecule has 0 heterocycles. The van der Waals surface area contributed by atoms with Gasteiger partial charge in [-0.25, -0.2) is 4.79 Å². The van der Waals surface area contributed by atoms with E-state index < -0.39 is 0 Å². The molecule has 0 amide bonds. The Morgan fingerprint density at radius 1 is 0.710 bits per heavy atom. The van der Waals surface area contributed by atoms with Gasteiger partial charge in [-0.05, 0) is 37.6 Å². The molecular weight excluding hydrogens is 402 g/mol. The van der Waals surface area contributed by atoms with Crippen molar-refractivity contribution in [3.63, 3.8) is 0 Å². The minimum Gasteiger partial charge on any atom is -0.460 e. The highest BCUT2D eigenvalue weighted by atomic mass is 16.6. The van der Waals surface area contributed by atoms with Gasteiger partial charge in [-0.3, -0.25) is 0 Å². The van der Waals surface area contributed by atoms with Gasteiger partial charge in [-0.1, -0.05) is 13.3 Å². The summed E-state index contributed by atoms with van der Waals surface area (Å²) in [5.74, 6) is -0.348. The van der Waals surface area contributed by atoms with Crippen LogP contribution in [0.3, 0.4) is 0 Å². The monoisotopic (exact) mass is 441 g/mol. The van der Waals surface area contributed by atoms with E-state index in [1.54, 1.807) is 12.1 Å². The Bertz CT molecular complexity index is 539. The second kappa shape index (κ2) is 20.2. The topological polar surface area (TPSA) is 84.5 Å². The van der Waals surface area contributed by atoms with Gasteiger partial charge in [0.25, 0.3) is 0 Å². The van der Waals surface area contributed by atoms with Crippen LogP contribution in [0.1, 0.15) is 37.0 Å². The first kappa shape index (κ1) is 27.3. The van der Waals surface area contributed by atoms with Crippen molar-refractivity contribution in [2.45, 2.75) is 26.7 Å². The Hall–Kier alpha value is -1.71. The highest BCUT2D eigenvalue weighted by Gasteiger charge is 2.06. The summed E-state index contributed by atoms with van der Waals surface area (Å²) in [6.45, 7) is 10.5. The zero-order valence-corrected chi connectivity index (χ0v) is 19.1. The number of unbranched alkanes of at least 4 members (excludes halogenated alkanes) is 1. The number of nitrogens with one attached hydrogen (secondary N) is 1. The lowest BCUT2D eigenvalue weighted by Gasteiger charge is -2.09. The summed E-state index contributed by atoms with van der Waals surface area (Å²) in [5.41, 5.74) is 1.54. The molecular formula is C23H39NO7. The van der Waals surface area contributed by atoms with Crippen LogP contribution in [0.2, 0.25) is 0 Å². The number of hydrogen-bond donors (Lipinski definition) is 1. The van der Waals surface area contributed by atoms with Crippen LogP contribution in [0.15, 0.2) is 24.3 Å². The Labute approximate surface area is 186 Å². The molecule has 1 aromatic carbocycles. The Morgan fingerprint density at radius 2 is 1.19 bits per heavy atom. The van der Waals surface area contributed by atoms with Crippen LogP contribution in [0.5, 0.6) is 0 Å². The van der Waals surface area contributed by atoms with E-state index in [2.05, 4.69) is 12.2 Å². The van der Waals surface area contributed by atoms with E-state index in [0.29, 0.717) is 71.6 Å². The largest absolute Gasteiger partial charge is 0.460 e. The molecule has 0 bridgehead atoms. The molecule has 0 unspecified atom stereocenters. The van der Waals surface area contributed by atoms with Crippen molar-refractivity contribution < 1.29 is 33.2 Å². The normalized spacial score (nSPS) is 10.9. The van der Waals surface area contributed by atoms with E-state index in [1.165, 1.54) is 0 Å². The second-order valence-corrected chi connectivity index (χ2v) is 6.64. The summed E-state index contributed by atoms with van der Waals surface area (Å²) in [7, 11) is 0. The van der Waals surface area contributed by atoms with Crippen LogP contribution >= 0.6 is 0 Å². The lowest BCUT2D eigenvalue weighted by Crippen LogP contribution is -2.15. The van der Waals surface area contributed by atoms with Gasteiger partial charge in [-0.2, -0.15) is 0 Å². The minimum atomic E-state index is -0.348. The van der Waals surface area contributed by atoms with Crippen LogP contribution in [-0.4, -0.2) is 85.2 Å². The van der Waals surface area contributed by atoms with Gasteiger partial charge < -0.3 is 33.7 Å². The molecule has 31 heavy (non-hydrogen) atoms. The zero-order valence-electron chi connectivity index (χ0n) is 19.1. The summed E-state index contributed by atoms with van der Waals surface area (Å²) < 4.78 is 31.9. The van der Waals surface area contributed by atoms with E-state index in [-0.39, 0.29) is 12.6 Å². The quantitative estimate of drug-likeness (QED) is 0.230. The summed E-state index contributed by atoms with van der Waals surface area (Å²) in [4.78, 5) is 12.0. The van der Waals surface area contributed by atoms with E-state index in [1.807, 2.05) is 19.1 Å². The van der Waals surface area contributed by atoms with Crippen molar-refractivity contribution in [1.82, 2.24) is 0 Å². The number of carbonyl (C=O) groups is 1. The first-order chi connectivity index (χ1) is 15.3. The highest BCUT2D eigenvalue weighted by Crippen LogP contribution is 2.10. The molecule has 0 radical (unpaired) electrons. The number of rotatable bonds is 21. The molecule has 1 rings (SSSR count). The molecule has 178 valence electrons. The fraction of sp³-hybridized carbons (Fsp3) is 0.696. The van der Waals surface area contributed by atoms with Crippen molar-refractivity contribution in [2.24, 2.45) is 0 Å².